The number of hydrogen-bond donors (Lipinski definition) is 0. The first-order valence-corrected chi connectivity index (χ1v) is 6.26. The smallest absolute Gasteiger partial charge is 0.0507 e. The molecule has 88 valence electrons. The number of rotatable bonds is 3. The largest absolute Gasteiger partial charge is 0.260 e. The predicted octanol–water partition coefficient (Wildman–Crippen LogP) is 4.43. The lowest BCUT2D eigenvalue weighted by Gasteiger charge is -2.11. The van der Waals surface area contributed by atoms with E-state index in [9.17, 15) is 0 Å². The van der Waals surface area contributed by atoms with Gasteiger partial charge in [-0.3, -0.25) is 4.98 Å². The van der Waals surface area contributed by atoms with Crippen molar-refractivity contribution < 1.29 is 0 Å². The number of nitrogens with zero attached hydrogens (tertiary/aromatic N) is 1. The van der Waals surface area contributed by atoms with Gasteiger partial charge in [0.15, 0.2) is 0 Å². The summed E-state index contributed by atoms with van der Waals surface area (Å²) in [6, 6.07) is 13.0. The highest BCUT2D eigenvalue weighted by Crippen LogP contribution is 2.27. The topological polar surface area (TPSA) is 12.9 Å². The van der Waals surface area contributed by atoms with Gasteiger partial charge < -0.3 is 0 Å². The summed E-state index contributed by atoms with van der Waals surface area (Å²) in [4.78, 5) is 4.50. The molecule has 1 aromatic carbocycles. The summed E-state index contributed by atoms with van der Waals surface area (Å²) in [5.41, 5.74) is 5.07. The van der Waals surface area contributed by atoms with Crippen molar-refractivity contribution in [3.05, 3.63) is 53.9 Å². The van der Waals surface area contributed by atoms with Gasteiger partial charge in [0.05, 0.1) is 5.69 Å². The summed E-state index contributed by atoms with van der Waals surface area (Å²) in [5, 5.41) is 0. The summed E-state index contributed by atoms with van der Waals surface area (Å²) in [5.74, 6) is 0.456. The van der Waals surface area contributed by atoms with E-state index in [2.05, 4.69) is 56.1 Å². The highest BCUT2D eigenvalue weighted by Gasteiger charge is 2.08. The summed E-state index contributed by atoms with van der Waals surface area (Å²) in [7, 11) is 0. The van der Waals surface area contributed by atoms with Gasteiger partial charge in [0.25, 0.3) is 0 Å². The minimum atomic E-state index is 0.456. The fraction of sp³-hybridized carbons (Fsp3) is 0.312. The average Bonchev–Trinajstić information content (AvgIpc) is 2.39. The molecule has 1 heterocycles. The molecule has 0 atom stereocenters. The van der Waals surface area contributed by atoms with Crippen LogP contribution in [0.25, 0.3) is 11.1 Å². The van der Waals surface area contributed by atoms with E-state index >= 15 is 0 Å². The van der Waals surface area contributed by atoms with Crippen LogP contribution >= 0.6 is 0 Å². The predicted molar refractivity (Wildman–Crippen MR) is 73.1 cm³/mol. The molecule has 0 N–H and O–H groups in total. The third-order valence-corrected chi connectivity index (χ3v) is 3.06. The molecule has 1 heteroatoms. The first kappa shape index (κ1) is 11.8. The Morgan fingerprint density at radius 1 is 1.06 bits per heavy atom. The molecular formula is C16H19N. The van der Waals surface area contributed by atoms with Crippen LogP contribution in [0.4, 0.5) is 0 Å². The Kier molecular flexibility index (Phi) is 3.58. The summed E-state index contributed by atoms with van der Waals surface area (Å²) < 4.78 is 0. The van der Waals surface area contributed by atoms with Crippen molar-refractivity contribution >= 4 is 0 Å². The van der Waals surface area contributed by atoms with E-state index in [4.69, 9.17) is 0 Å². The molecule has 0 saturated carbocycles. The summed E-state index contributed by atoms with van der Waals surface area (Å²) in [6.07, 6.45) is 2.96. The van der Waals surface area contributed by atoms with Crippen LogP contribution in [0.1, 0.15) is 37.9 Å². The number of aryl methyl sites for hydroxylation is 1. The van der Waals surface area contributed by atoms with Gasteiger partial charge in [0, 0.05) is 11.8 Å². The molecule has 0 unspecified atom stereocenters. The molecule has 17 heavy (non-hydrogen) atoms. The van der Waals surface area contributed by atoms with Gasteiger partial charge >= 0.3 is 0 Å². The van der Waals surface area contributed by atoms with E-state index in [-0.39, 0.29) is 0 Å². The molecule has 2 rings (SSSR count). The molecule has 0 aliphatic heterocycles. The minimum Gasteiger partial charge on any atom is -0.260 e. The van der Waals surface area contributed by atoms with Crippen molar-refractivity contribution in [2.45, 2.75) is 33.1 Å². The van der Waals surface area contributed by atoms with Crippen molar-refractivity contribution in [2.24, 2.45) is 0 Å². The average molecular weight is 225 g/mol. The maximum absolute atomic E-state index is 4.50. The number of hydrogen-bond acceptors (Lipinski definition) is 1. The van der Waals surface area contributed by atoms with Crippen molar-refractivity contribution in [1.29, 1.82) is 0 Å². The maximum Gasteiger partial charge on any atom is 0.0507 e. The van der Waals surface area contributed by atoms with Crippen LogP contribution in [-0.2, 0) is 6.42 Å². The van der Waals surface area contributed by atoms with Gasteiger partial charge in [-0.25, -0.2) is 0 Å². The molecule has 0 amide bonds. The zero-order valence-corrected chi connectivity index (χ0v) is 10.8. The van der Waals surface area contributed by atoms with Gasteiger partial charge in [-0.15, -0.1) is 0 Å². The van der Waals surface area contributed by atoms with E-state index in [1.165, 1.54) is 22.4 Å². The van der Waals surface area contributed by atoms with Gasteiger partial charge in [-0.2, -0.15) is 0 Å². The molecule has 0 radical (unpaired) electrons. The van der Waals surface area contributed by atoms with Crippen LogP contribution < -0.4 is 0 Å². The van der Waals surface area contributed by atoms with Crippen molar-refractivity contribution in [2.75, 3.05) is 0 Å². The maximum atomic E-state index is 4.50. The Morgan fingerprint density at radius 2 is 1.76 bits per heavy atom. The first-order valence-electron chi connectivity index (χ1n) is 6.26. The van der Waals surface area contributed by atoms with Crippen LogP contribution in [0.15, 0.2) is 42.6 Å². The number of pyridine rings is 1. The lowest BCUT2D eigenvalue weighted by atomic mass is 9.97. The second-order valence-electron chi connectivity index (χ2n) is 4.64. The first-order chi connectivity index (χ1) is 8.22. The van der Waals surface area contributed by atoms with E-state index < -0.39 is 0 Å². The number of aromatic nitrogens is 1. The quantitative estimate of drug-likeness (QED) is 0.752. The lowest BCUT2D eigenvalue weighted by Crippen LogP contribution is -1.95. The molecule has 0 saturated heterocycles. The monoisotopic (exact) mass is 225 g/mol. The fourth-order valence-corrected chi connectivity index (χ4v) is 2.04. The zero-order valence-electron chi connectivity index (χ0n) is 10.8. The third-order valence-electron chi connectivity index (χ3n) is 3.06. The van der Waals surface area contributed by atoms with Gasteiger partial charge in [0.1, 0.15) is 0 Å². The second kappa shape index (κ2) is 5.13. The molecular weight excluding hydrogens is 206 g/mol. The van der Waals surface area contributed by atoms with Gasteiger partial charge in [-0.1, -0.05) is 51.1 Å². The van der Waals surface area contributed by atoms with Crippen LogP contribution in [0, 0.1) is 0 Å². The normalized spacial score (nSPS) is 10.8. The molecule has 0 spiro atoms. The standard InChI is InChI=1S/C16H19N/c1-4-13-7-9-14(10-8-13)15-6-5-11-17-16(15)12(2)3/h5-12H,4H2,1-3H3. The fourth-order valence-electron chi connectivity index (χ4n) is 2.04. The van der Waals surface area contributed by atoms with Gasteiger partial charge in [0.2, 0.25) is 0 Å². The molecule has 0 bridgehead atoms. The van der Waals surface area contributed by atoms with Crippen molar-refractivity contribution in [3.63, 3.8) is 0 Å². The van der Waals surface area contributed by atoms with Crippen LogP contribution in [0.3, 0.4) is 0 Å². The lowest BCUT2D eigenvalue weighted by molar-refractivity contribution is 0.826. The second-order valence-corrected chi connectivity index (χ2v) is 4.64. The Morgan fingerprint density at radius 3 is 2.35 bits per heavy atom. The molecule has 1 aromatic heterocycles. The Balaban J connectivity index is 2.45. The van der Waals surface area contributed by atoms with E-state index in [0.29, 0.717) is 5.92 Å². The van der Waals surface area contributed by atoms with E-state index in [0.717, 1.165) is 6.42 Å². The van der Waals surface area contributed by atoms with Crippen molar-refractivity contribution in [3.8, 4) is 11.1 Å². The molecule has 2 aromatic rings. The molecule has 0 aliphatic carbocycles. The Labute approximate surface area is 104 Å². The highest BCUT2D eigenvalue weighted by atomic mass is 14.7. The van der Waals surface area contributed by atoms with Gasteiger partial charge in [-0.05, 0) is 29.5 Å². The molecule has 1 nitrogen and oxygen atoms in total. The van der Waals surface area contributed by atoms with E-state index in [1.54, 1.807) is 0 Å². The minimum absolute atomic E-state index is 0.456. The SMILES string of the molecule is CCc1ccc(-c2cccnc2C(C)C)cc1. The molecule has 0 fully saturated rings. The Bertz CT molecular complexity index is 483. The van der Waals surface area contributed by atoms with Crippen LogP contribution in [0.5, 0.6) is 0 Å². The van der Waals surface area contributed by atoms with Crippen LogP contribution in [0.2, 0.25) is 0 Å². The summed E-state index contributed by atoms with van der Waals surface area (Å²) >= 11 is 0. The third kappa shape index (κ3) is 2.55. The highest BCUT2D eigenvalue weighted by molar-refractivity contribution is 5.66. The molecule has 0 aliphatic rings. The zero-order chi connectivity index (χ0) is 12.3. The number of benzene rings is 1. The Hall–Kier alpha value is -1.63. The summed E-state index contributed by atoms with van der Waals surface area (Å²) in [6.45, 7) is 6.55. The van der Waals surface area contributed by atoms with Crippen molar-refractivity contribution in [1.82, 2.24) is 4.98 Å². The van der Waals surface area contributed by atoms with Crippen LogP contribution in [-0.4, -0.2) is 4.98 Å². The van der Waals surface area contributed by atoms with E-state index in [1.807, 2.05) is 12.3 Å².